The van der Waals surface area contributed by atoms with Gasteiger partial charge in [-0.25, -0.2) is 0 Å². The summed E-state index contributed by atoms with van der Waals surface area (Å²) in [5.41, 5.74) is 0. The molecule has 1 aliphatic heterocycles. The second-order valence-electron chi connectivity index (χ2n) is 2.75. The number of hydrogen-bond acceptors (Lipinski definition) is 2. The molecule has 3 atom stereocenters. The lowest BCUT2D eigenvalue weighted by atomic mass is 10.00. The van der Waals surface area contributed by atoms with Crippen molar-refractivity contribution in [2.45, 2.75) is 32.5 Å². The van der Waals surface area contributed by atoms with Gasteiger partial charge in [-0.3, -0.25) is 0 Å². The first kappa shape index (κ1) is 7.03. The van der Waals surface area contributed by atoms with E-state index in [2.05, 4.69) is 6.92 Å². The molecular formula is C7H14O2. The quantitative estimate of drug-likeness (QED) is 0.573. The maximum Gasteiger partial charge on any atom is 0.107 e. The first-order valence-corrected chi connectivity index (χ1v) is 3.55. The fourth-order valence-electron chi connectivity index (χ4n) is 0.861. The lowest BCUT2D eigenvalue weighted by Gasteiger charge is -2.13. The molecule has 1 fully saturated rings. The van der Waals surface area contributed by atoms with Crippen LogP contribution in [-0.4, -0.2) is 23.9 Å². The summed E-state index contributed by atoms with van der Waals surface area (Å²) in [7, 11) is 0. The van der Waals surface area contributed by atoms with E-state index in [0.29, 0.717) is 5.92 Å². The van der Waals surface area contributed by atoms with Gasteiger partial charge >= 0.3 is 0 Å². The van der Waals surface area contributed by atoms with Gasteiger partial charge in [-0.05, 0) is 5.92 Å². The van der Waals surface area contributed by atoms with Gasteiger partial charge in [-0.15, -0.1) is 0 Å². The van der Waals surface area contributed by atoms with Crippen molar-refractivity contribution in [3.05, 3.63) is 0 Å². The third-order valence-corrected chi connectivity index (χ3v) is 1.97. The van der Waals surface area contributed by atoms with Crippen molar-refractivity contribution in [3.63, 3.8) is 0 Å². The van der Waals surface area contributed by atoms with Crippen LogP contribution >= 0.6 is 0 Å². The van der Waals surface area contributed by atoms with Crippen LogP contribution in [-0.2, 0) is 4.74 Å². The third kappa shape index (κ3) is 1.66. The molecular weight excluding hydrogens is 116 g/mol. The molecule has 1 saturated heterocycles. The number of aliphatic hydroxyl groups is 1. The molecule has 2 heteroatoms. The average Bonchev–Trinajstić information content (AvgIpc) is 2.66. The van der Waals surface area contributed by atoms with Crippen LogP contribution in [0.4, 0.5) is 0 Å². The van der Waals surface area contributed by atoms with Gasteiger partial charge in [0.15, 0.2) is 0 Å². The molecule has 3 unspecified atom stereocenters. The fraction of sp³-hybridized carbons (Fsp3) is 1.00. The van der Waals surface area contributed by atoms with Crippen LogP contribution < -0.4 is 0 Å². The van der Waals surface area contributed by atoms with E-state index >= 15 is 0 Å². The standard InChI is InChI=1S/C7H14O2/c1-3-5(2)7(8)6-4-9-6/h5-8H,3-4H2,1-2H3. The van der Waals surface area contributed by atoms with Crippen LogP contribution in [0.5, 0.6) is 0 Å². The second-order valence-corrected chi connectivity index (χ2v) is 2.75. The van der Waals surface area contributed by atoms with Crippen molar-refractivity contribution in [3.8, 4) is 0 Å². The number of epoxide rings is 1. The summed E-state index contributed by atoms with van der Waals surface area (Å²) in [6, 6.07) is 0. The molecule has 1 rings (SSSR count). The van der Waals surface area contributed by atoms with E-state index in [0.717, 1.165) is 13.0 Å². The lowest BCUT2D eigenvalue weighted by molar-refractivity contribution is 0.0830. The molecule has 1 aliphatic rings. The summed E-state index contributed by atoms with van der Waals surface area (Å²) >= 11 is 0. The van der Waals surface area contributed by atoms with Gasteiger partial charge in [0.05, 0.1) is 12.7 Å². The Morgan fingerprint density at radius 3 is 2.67 bits per heavy atom. The van der Waals surface area contributed by atoms with E-state index in [1.807, 2.05) is 6.92 Å². The van der Waals surface area contributed by atoms with Crippen LogP contribution in [0.25, 0.3) is 0 Å². The Hall–Kier alpha value is -0.0800. The first-order chi connectivity index (χ1) is 4.25. The van der Waals surface area contributed by atoms with Gasteiger partial charge < -0.3 is 9.84 Å². The number of rotatable bonds is 3. The van der Waals surface area contributed by atoms with Crippen LogP contribution in [0.3, 0.4) is 0 Å². The minimum atomic E-state index is -0.227. The van der Waals surface area contributed by atoms with Crippen molar-refractivity contribution >= 4 is 0 Å². The Labute approximate surface area is 55.8 Å². The molecule has 54 valence electrons. The molecule has 0 aromatic heterocycles. The highest BCUT2D eigenvalue weighted by Gasteiger charge is 2.33. The molecule has 1 heterocycles. The molecule has 0 amide bonds. The number of hydrogen-bond donors (Lipinski definition) is 1. The smallest absolute Gasteiger partial charge is 0.107 e. The maximum absolute atomic E-state index is 9.33. The van der Waals surface area contributed by atoms with Gasteiger partial charge in [-0.2, -0.15) is 0 Å². The summed E-state index contributed by atoms with van der Waals surface area (Å²) in [6.07, 6.45) is 0.955. The maximum atomic E-state index is 9.33. The molecule has 0 aromatic rings. The summed E-state index contributed by atoms with van der Waals surface area (Å²) in [6.45, 7) is 4.88. The molecule has 0 radical (unpaired) electrons. The normalized spacial score (nSPS) is 31.7. The predicted octanol–water partition coefficient (Wildman–Crippen LogP) is 0.792. The van der Waals surface area contributed by atoms with E-state index < -0.39 is 0 Å². The molecule has 0 saturated carbocycles. The van der Waals surface area contributed by atoms with Gasteiger partial charge in [0.25, 0.3) is 0 Å². The van der Waals surface area contributed by atoms with Crippen molar-refractivity contribution in [2.75, 3.05) is 6.61 Å². The van der Waals surface area contributed by atoms with Crippen LogP contribution in [0.15, 0.2) is 0 Å². The lowest BCUT2D eigenvalue weighted by Crippen LogP contribution is -2.22. The molecule has 0 aromatic carbocycles. The largest absolute Gasteiger partial charge is 0.390 e. The summed E-state index contributed by atoms with van der Waals surface area (Å²) in [5.74, 6) is 0.387. The zero-order chi connectivity index (χ0) is 6.85. The highest BCUT2D eigenvalue weighted by molar-refractivity contribution is 4.81. The summed E-state index contributed by atoms with van der Waals surface area (Å²) in [4.78, 5) is 0. The monoisotopic (exact) mass is 130 g/mol. The number of aliphatic hydroxyl groups excluding tert-OH is 1. The van der Waals surface area contributed by atoms with E-state index in [1.54, 1.807) is 0 Å². The minimum Gasteiger partial charge on any atom is -0.390 e. The van der Waals surface area contributed by atoms with Gasteiger partial charge in [0.2, 0.25) is 0 Å². The predicted molar refractivity (Wildman–Crippen MR) is 35.2 cm³/mol. The summed E-state index contributed by atoms with van der Waals surface area (Å²) < 4.78 is 4.94. The number of ether oxygens (including phenoxy) is 1. The molecule has 0 bridgehead atoms. The molecule has 1 N–H and O–H groups in total. The van der Waals surface area contributed by atoms with E-state index in [9.17, 15) is 5.11 Å². The minimum absolute atomic E-state index is 0.153. The van der Waals surface area contributed by atoms with Crippen molar-refractivity contribution in [1.82, 2.24) is 0 Å². The zero-order valence-electron chi connectivity index (χ0n) is 6.00. The molecule has 0 aliphatic carbocycles. The molecule has 2 nitrogen and oxygen atoms in total. The van der Waals surface area contributed by atoms with Crippen molar-refractivity contribution < 1.29 is 9.84 Å². The van der Waals surface area contributed by atoms with E-state index in [1.165, 1.54) is 0 Å². The Morgan fingerprint density at radius 1 is 1.78 bits per heavy atom. The molecule has 9 heavy (non-hydrogen) atoms. The Morgan fingerprint density at radius 2 is 2.33 bits per heavy atom. The fourth-order valence-corrected chi connectivity index (χ4v) is 0.861. The van der Waals surface area contributed by atoms with Crippen LogP contribution in [0.2, 0.25) is 0 Å². The van der Waals surface area contributed by atoms with Crippen molar-refractivity contribution in [1.29, 1.82) is 0 Å². The Balaban J connectivity index is 2.22. The second kappa shape index (κ2) is 2.67. The van der Waals surface area contributed by atoms with Crippen molar-refractivity contribution in [2.24, 2.45) is 5.92 Å². The SMILES string of the molecule is CCC(C)C(O)C1CO1. The Kier molecular flexibility index (Phi) is 2.09. The highest BCUT2D eigenvalue weighted by atomic mass is 16.6. The Bertz CT molecular complexity index is 88.9. The van der Waals surface area contributed by atoms with E-state index in [4.69, 9.17) is 4.74 Å². The first-order valence-electron chi connectivity index (χ1n) is 3.55. The zero-order valence-corrected chi connectivity index (χ0v) is 6.00. The highest BCUT2D eigenvalue weighted by Crippen LogP contribution is 2.21. The van der Waals surface area contributed by atoms with Gasteiger partial charge in [-0.1, -0.05) is 20.3 Å². The third-order valence-electron chi connectivity index (χ3n) is 1.97. The average molecular weight is 130 g/mol. The van der Waals surface area contributed by atoms with Gasteiger partial charge in [0, 0.05) is 0 Å². The summed E-state index contributed by atoms with van der Waals surface area (Å²) in [5, 5.41) is 9.33. The topological polar surface area (TPSA) is 32.8 Å². The van der Waals surface area contributed by atoms with Gasteiger partial charge in [0.1, 0.15) is 6.10 Å². The molecule has 0 spiro atoms. The van der Waals surface area contributed by atoms with Crippen LogP contribution in [0.1, 0.15) is 20.3 Å². The van der Waals surface area contributed by atoms with E-state index in [-0.39, 0.29) is 12.2 Å². The van der Waals surface area contributed by atoms with Crippen LogP contribution in [0, 0.1) is 5.92 Å².